The number of nitrogens with two attached hydrogens (primary N) is 1. The van der Waals surface area contributed by atoms with Crippen LogP contribution in [0, 0.1) is 28.9 Å². The zero-order chi connectivity index (χ0) is 29.0. The first-order valence-corrected chi connectivity index (χ1v) is 15.2. The van der Waals surface area contributed by atoms with Crippen LogP contribution in [0.1, 0.15) is 25.7 Å². The highest BCUT2D eigenvalue weighted by Gasteiger charge is 2.45. The zero-order valence-electron chi connectivity index (χ0n) is 22.7. The van der Waals surface area contributed by atoms with Crippen LogP contribution in [-0.4, -0.2) is 71.4 Å². The minimum absolute atomic E-state index is 0.0148. The number of hydrogen-bond donors (Lipinski definition) is 1. The summed E-state index contributed by atoms with van der Waals surface area (Å²) in [5, 5.41) is 10.3. The summed E-state index contributed by atoms with van der Waals surface area (Å²) in [4.78, 5) is 18.0. The highest BCUT2D eigenvalue weighted by molar-refractivity contribution is 7.22. The van der Waals surface area contributed by atoms with Gasteiger partial charge >= 0.3 is 6.01 Å². The van der Waals surface area contributed by atoms with Crippen molar-refractivity contribution < 1.29 is 18.3 Å². The van der Waals surface area contributed by atoms with Crippen LogP contribution in [0.4, 0.5) is 19.7 Å². The van der Waals surface area contributed by atoms with Crippen molar-refractivity contribution in [1.82, 2.24) is 19.9 Å². The van der Waals surface area contributed by atoms with Crippen LogP contribution in [0.25, 0.3) is 32.2 Å². The largest absolute Gasteiger partial charge is 0.461 e. The van der Waals surface area contributed by atoms with E-state index in [1.165, 1.54) is 12.1 Å². The van der Waals surface area contributed by atoms with Crippen LogP contribution in [0.15, 0.2) is 18.2 Å². The number of aromatic nitrogens is 3. The Morgan fingerprint density at radius 3 is 2.76 bits per heavy atom. The van der Waals surface area contributed by atoms with E-state index in [-0.39, 0.29) is 43.0 Å². The Hall–Kier alpha value is -3.37. The van der Waals surface area contributed by atoms with Crippen LogP contribution in [-0.2, 0) is 4.74 Å². The molecule has 218 valence electrons. The number of benzene rings is 2. The molecule has 0 radical (unpaired) electrons. The van der Waals surface area contributed by atoms with Gasteiger partial charge in [-0.05, 0) is 57.0 Å². The number of fused-ring (bicyclic) bond motifs is 3. The minimum atomic E-state index is -0.699. The molecule has 5 heterocycles. The van der Waals surface area contributed by atoms with Crippen molar-refractivity contribution in [2.75, 3.05) is 56.6 Å². The van der Waals surface area contributed by atoms with Gasteiger partial charge in [0.05, 0.1) is 46.0 Å². The second-order valence-corrected chi connectivity index (χ2v) is 12.6. The Morgan fingerprint density at radius 1 is 1.17 bits per heavy atom. The highest BCUT2D eigenvalue weighted by Crippen LogP contribution is 2.43. The van der Waals surface area contributed by atoms with Gasteiger partial charge in [-0.3, -0.25) is 4.90 Å². The van der Waals surface area contributed by atoms with Gasteiger partial charge in [-0.2, -0.15) is 15.2 Å². The first-order chi connectivity index (χ1) is 20.4. The second kappa shape index (κ2) is 10.7. The second-order valence-electron chi connectivity index (χ2n) is 11.2. The van der Waals surface area contributed by atoms with Gasteiger partial charge in [-0.1, -0.05) is 22.9 Å². The molecule has 1 atom stereocenters. The third kappa shape index (κ3) is 4.59. The average Bonchev–Trinajstić information content (AvgIpc) is 3.62. The molecule has 3 aliphatic rings. The summed E-state index contributed by atoms with van der Waals surface area (Å²) in [5.74, 6) is -1.17. The van der Waals surface area contributed by atoms with Gasteiger partial charge in [0.25, 0.3) is 0 Å². The van der Waals surface area contributed by atoms with E-state index in [2.05, 4.69) is 20.9 Å². The fourth-order valence-electron chi connectivity index (χ4n) is 6.65. The number of ether oxygens (including phenoxy) is 2. The standard InChI is InChI=1S/C29H28ClF2N7O2S/c30-19-11-18-23(22(32)21(19)17-3-4-20(31)25-24(17)35-27(34)42-25)36-28(41-15-29-5-1-7-39(29)8-2-6-29)37-26(18)38-9-10-40-14-16(12-33)13-38/h3-4,11,16H,1-2,5-10,13-15H2,(H2,34,35). The van der Waals surface area contributed by atoms with Crippen molar-refractivity contribution in [1.29, 1.82) is 5.26 Å². The van der Waals surface area contributed by atoms with E-state index < -0.39 is 17.6 Å². The quantitative estimate of drug-likeness (QED) is 0.317. The first kappa shape index (κ1) is 27.5. The third-order valence-electron chi connectivity index (χ3n) is 8.65. The number of nitrogen functional groups attached to an aromatic ring is 1. The highest BCUT2D eigenvalue weighted by atomic mass is 35.5. The van der Waals surface area contributed by atoms with E-state index in [1.807, 2.05) is 4.90 Å². The van der Waals surface area contributed by atoms with Gasteiger partial charge in [0.15, 0.2) is 10.9 Å². The van der Waals surface area contributed by atoms with Crippen LogP contribution in [0.3, 0.4) is 0 Å². The maximum Gasteiger partial charge on any atom is 0.319 e. The minimum Gasteiger partial charge on any atom is -0.461 e. The van der Waals surface area contributed by atoms with Crippen LogP contribution >= 0.6 is 22.9 Å². The Labute approximate surface area is 249 Å². The Kier molecular flexibility index (Phi) is 7.01. The molecule has 3 fully saturated rings. The third-order valence-corrected chi connectivity index (χ3v) is 9.84. The van der Waals surface area contributed by atoms with Gasteiger partial charge < -0.3 is 20.1 Å². The van der Waals surface area contributed by atoms with Gasteiger partial charge in [-0.25, -0.2) is 13.8 Å². The maximum absolute atomic E-state index is 16.7. The van der Waals surface area contributed by atoms with E-state index in [9.17, 15) is 9.65 Å². The SMILES string of the molecule is N#CC1COCCN(c2nc(OCC34CCCN3CCC4)nc3c(F)c(-c4ccc(F)c5sc(N)nc45)c(Cl)cc23)C1. The molecule has 0 saturated carbocycles. The lowest BCUT2D eigenvalue weighted by Crippen LogP contribution is -2.43. The summed E-state index contributed by atoms with van der Waals surface area (Å²) >= 11 is 7.75. The van der Waals surface area contributed by atoms with Crippen LogP contribution < -0.4 is 15.4 Å². The van der Waals surface area contributed by atoms with Gasteiger partial charge in [0.1, 0.15) is 23.8 Å². The molecule has 3 aliphatic heterocycles. The van der Waals surface area contributed by atoms with E-state index in [0.29, 0.717) is 49.7 Å². The lowest BCUT2D eigenvalue weighted by Gasteiger charge is -2.31. The first-order valence-electron chi connectivity index (χ1n) is 14.0. The van der Waals surface area contributed by atoms with Crippen molar-refractivity contribution in [3.05, 3.63) is 34.9 Å². The van der Waals surface area contributed by atoms with Gasteiger partial charge in [0, 0.05) is 29.6 Å². The lowest BCUT2D eigenvalue weighted by molar-refractivity contribution is 0.108. The molecule has 4 aromatic rings. The van der Waals surface area contributed by atoms with Crippen molar-refractivity contribution in [2.24, 2.45) is 5.92 Å². The molecule has 13 heteroatoms. The number of rotatable bonds is 5. The number of halogens is 3. The van der Waals surface area contributed by atoms with Gasteiger partial charge in [-0.15, -0.1) is 0 Å². The molecule has 9 nitrogen and oxygen atoms in total. The fourth-order valence-corrected chi connectivity index (χ4v) is 7.70. The predicted molar refractivity (Wildman–Crippen MR) is 158 cm³/mol. The number of thiazole rings is 1. The molecule has 2 aromatic heterocycles. The number of nitriles is 1. The maximum atomic E-state index is 16.7. The molecule has 0 aliphatic carbocycles. The zero-order valence-corrected chi connectivity index (χ0v) is 24.3. The summed E-state index contributed by atoms with van der Waals surface area (Å²) in [6.07, 6.45) is 4.29. The summed E-state index contributed by atoms with van der Waals surface area (Å²) in [6.45, 7) is 3.96. The molecule has 0 bridgehead atoms. The summed E-state index contributed by atoms with van der Waals surface area (Å²) in [6, 6.07) is 6.64. The molecule has 42 heavy (non-hydrogen) atoms. The van der Waals surface area contributed by atoms with E-state index >= 15 is 4.39 Å². The van der Waals surface area contributed by atoms with Crippen molar-refractivity contribution >= 4 is 55.0 Å². The molecule has 3 saturated heterocycles. The molecule has 7 rings (SSSR count). The fraction of sp³-hybridized carbons (Fsp3) is 0.448. The van der Waals surface area contributed by atoms with Crippen molar-refractivity contribution in [2.45, 2.75) is 31.2 Å². The van der Waals surface area contributed by atoms with Crippen LogP contribution in [0.2, 0.25) is 5.02 Å². The number of hydrogen-bond acceptors (Lipinski definition) is 10. The van der Waals surface area contributed by atoms with E-state index in [0.717, 1.165) is 50.1 Å². The van der Waals surface area contributed by atoms with E-state index in [4.69, 9.17) is 31.8 Å². The Balaban J connectivity index is 1.38. The number of anilines is 2. The molecular formula is C29H28ClF2N7O2S. The topological polar surface area (TPSA) is 113 Å². The normalized spacial score (nSPS) is 20.6. The monoisotopic (exact) mass is 611 g/mol. The molecule has 2 aromatic carbocycles. The lowest BCUT2D eigenvalue weighted by atomic mass is 9.95. The number of nitrogens with zero attached hydrogens (tertiary/aromatic N) is 6. The summed E-state index contributed by atoms with van der Waals surface area (Å²) < 4.78 is 43.4. The molecule has 0 spiro atoms. The molecule has 0 amide bonds. The Morgan fingerprint density at radius 2 is 1.98 bits per heavy atom. The summed E-state index contributed by atoms with van der Waals surface area (Å²) in [5.41, 5.74) is 6.42. The molecular weight excluding hydrogens is 584 g/mol. The summed E-state index contributed by atoms with van der Waals surface area (Å²) in [7, 11) is 0. The van der Waals surface area contributed by atoms with Gasteiger partial charge in [0.2, 0.25) is 0 Å². The van der Waals surface area contributed by atoms with E-state index in [1.54, 1.807) is 6.07 Å². The van der Waals surface area contributed by atoms with Crippen LogP contribution in [0.5, 0.6) is 6.01 Å². The van der Waals surface area contributed by atoms with Crippen molar-refractivity contribution in [3.63, 3.8) is 0 Å². The predicted octanol–water partition coefficient (Wildman–Crippen LogP) is 5.40. The molecule has 2 N–H and O–H groups in total. The Bertz CT molecular complexity index is 1740. The molecule has 1 unspecified atom stereocenters. The van der Waals surface area contributed by atoms with Crippen molar-refractivity contribution in [3.8, 4) is 23.2 Å². The average molecular weight is 612 g/mol. The smallest absolute Gasteiger partial charge is 0.319 e.